The lowest BCUT2D eigenvalue weighted by Crippen LogP contribution is -2.45. The predicted molar refractivity (Wildman–Crippen MR) is 90.7 cm³/mol. The van der Waals surface area contributed by atoms with E-state index in [4.69, 9.17) is 16.3 Å². The van der Waals surface area contributed by atoms with Gasteiger partial charge in [0.1, 0.15) is 0 Å². The largest absolute Gasteiger partial charge is 0.390 e. The maximum absolute atomic E-state index is 12.2. The summed E-state index contributed by atoms with van der Waals surface area (Å²) in [5.74, 6) is 0.0333. The maximum Gasteiger partial charge on any atom is 0.222 e. The number of β-amino-alcohol motifs (C(OH)–C–C–N with tert-alkyl or cyclic N) is 1. The topological polar surface area (TPSA) is 53.0 Å². The number of likely N-dealkylation sites (N-methyl/N-ethyl adjacent to an activating group) is 1. The highest BCUT2D eigenvalue weighted by Gasteiger charge is 2.18. The van der Waals surface area contributed by atoms with Crippen LogP contribution in [-0.4, -0.2) is 73.4 Å². The number of amides is 1. The summed E-state index contributed by atoms with van der Waals surface area (Å²) in [5, 5.41) is 10.8. The molecule has 1 N–H and O–H groups in total. The van der Waals surface area contributed by atoms with Gasteiger partial charge in [-0.05, 0) is 24.1 Å². The van der Waals surface area contributed by atoms with Crippen molar-refractivity contribution in [1.29, 1.82) is 0 Å². The van der Waals surface area contributed by atoms with Gasteiger partial charge in [-0.1, -0.05) is 23.7 Å². The first kappa shape index (κ1) is 18.2. The number of aliphatic hydroxyl groups is 1. The van der Waals surface area contributed by atoms with Crippen LogP contribution in [0.3, 0.4) is 0 Å². The van der Waals surface area contributed by atoms with E-state index in [2.05, 4.69) is 4.90 Å². The number of hydrogen-bond acceptors (Lipinski definition) is 4. The van der Waals surface area contributed by atoms with E-state index in [0.29, 0.717) is 44.2 Å². The highest BCUT2D eigenvalue weighted by atomic mass is 35.5. The Labute approximate surface area is 142 Å². The SMILES string of the molecule is CN(CC(O)CN1CCOCC1)C(=O)CCc1cccc(Cl)c1. The Kier molecular flexibility index (Phi) is 7.30. The van der Waals surface area contributed by atoms with Gasteiger partial charge in [-0.3, -0.25) is 9.69 Å². The molecule has 1 aliphatic rings. The first-order valence-electron chi connectivity index (χ1n) is 8.01. The normalized spacial score (nSPS) is 17.0. The molecule has 0 bridgehead atoms. The number of hydrogen-bond donors (Lipinski definition) is 1. The molecule has 0 radical (unpaired) electrons. The fourth-order valence-electron chi connectivity index (χ4n) is 2.69. The van der Waals surface area contributed by atoms with Crippen molar-refractivity contribution >= 4 is 17.5 Å². The van der Waals surface area contributed by atoms with Gasteiger partial charge in [0.2, 0.25) is 5.91 Å². The molecule has 1 amide bonds. The van der Waals surface area contributed by atoms with Gasteiger partial charge in [-0.15, -0.1) is 0 Å². The maximum atomic E-state index is 12.2. The van der Waals surface area contributed by atoms with Crippen LogP contribution in [-0.2, 0) is 16.0 Å². The molecule has 0 aliphatic carbocycles. The summed E-state index contributed by atoms with van der Waals surface area (Å²) >= 11 is 5.94. The number of ether oxygens (including phenoxy) is 1. The number of morpholine rings is 1. The van der Waals surface area contributed by atoms with E-state index in [-0.39, 0.29) is 5.91 Å². The van der Waals surface area contributed by atoms with Crippen molar-refractivity contribution in [3.05, 3.63) is 34.9 Å². The van der Waals surface area contributed by atoms with Crippen molar-refractivity contribution in [1.82, 2.24) is 9.80 Å². The Balaban J connectivity index is 1.71. The summed E-state index contributed by atoms with van der Waals surface area (Å²) < 4.78 is 5.29. The Hall–Kier alpha value is -1.14. The lowest BCUT2D eigenvalue weighted by atomic mass is 10.1. The zero-order chi connectivity index (χ0) is 16.7. The van der Waals surface area contributed by atoms with Gasteiger partial charge in [0.25, 0.3) is 0 Å². The second-order valence-electron chi connectivity index (χ2n) is 5.97. The van der Waals surface area contributed by atoms with Crippen LogP contribution in [0.15, 0.2) is 24.3 Å². The van der Waals surface area contributed by atoms with E-state index in [1.165, 1.54) is 0 Å². The molecular weight excluding hydrogens is 316 g/mol. The van der Waals surface area contributed by atoms with Crippen LogP contribution in [0.5, 0.6) is 0 Å². The number of nitrogens with zero attached hydrogens (tertiary/aromatic N) is 2. The van der Waals surface area contributed by atoms with Crippen LogP contribution in [0, 0.1) is 0 Å². The second kappa shape index (κ2) is 9.23. The highest BCUT2D eigenvalue weighted by Crippen LogP contribution is 2.12. The van der Waals surface area contributed by atoms with E-state index in [1.54, 1.807) is 11.9 Å². The molecule has 1 fully saturated rings. The van der Waals surface area contributed by atoms with Crippen molar-refractivity contribution in [2.24, 2.45) is 0 Å². The summed E-state index contributed by atoms with van der Waals surface area (Å²) in [6.07, 6.45) is 0.540. The summed E-state index contributed by atoms with van der Waals surface area (Å²) in [6.45, 7) is 4.02. The zero-order valence-corrected chi connectivity index (χ0v) is 14.3. The lowest BCUT2D eigenvalue weighted by molar-refractivity contribution is -0.131. The second-order valence-corrected chi connectivity index (χ2v) is 6.41. The Bertz CT molecular complexity index is 506. The number of aliphatic hydroxyl groups excluding tert-OH is 1. The van der Waals surface area contributed by atoms with Crippen molar-refractivity contribution in [3.8, 4) is 0 Å². The molecule has 5 nitrogen and oxygen atoms in total. The molecule has 0 saturated carbocycles. The van der Waals surface area contributed by atoms with Crippen molar-refractivity contribution in [2.45, 2.75) is 18.9 Å². The fourth-order valence-corrected chi connectivity index (χ4v) is 2.90. The standard InChI is InChI=1S/C17H25ClN2O3/c1-19(12-16(21)13-20-7-9-23-10-8-20)17(22)6-5-14-3-2-4-15(18)11-14/h2-4,11,16,21H,5-10,12-13H2,1H3. The zero-order valence-electron chi connectivity index (χ0n) is 13.6. The molecular formula is C17H25ClN2O3. The first-order chi connectivity index (χ1) is 11.0. The molecule has 0 spiro atoms. The summed E-state index contributed by atoms with van der Waals surface area (Å²) in [6, 6.07) is 7.55. The quantitative estimate of drug-likeness (QED) is 0.815. The Morgan fingerprint density at radius 1 is 1.43 bits per heavy atom. The highest BCUT2D eigenvalue weighted by molar-refractivity contribution is 6.30. The number of benzene rings is 1. The van der Waals surface area contributed by atoms with Crippen LogP contribution >= 0.6 is 11.6 Å². The van der Waals surface area contributed by atoms with Gasteiger partial charge in [0.05, 0.1) is 19.3 Å². The molecule has 1 saturated heterocycles. The van der Waals surface area contributed by atoms with Crippen molar-refractivity contribution < 1.29 is 14.6 Å². The predicted octanol–water partition coefficient (Wildman–Crippen LogP) is 1.42. The van der Waals surface area contributed by atoms with Crippen LogP contribution < -0.4 is 0 Å². The third-order valence-corrected chi connectivity index (χ3v) is 4.23. The molecule has 128 valence electrons. The molecule has 23 heavy (non-hydrogen) atoms. The van der Waals surface area contributed by atoms with E-state index >= 15 is 0 Å². The minimum Gasteiger partial charge on any atom is -0.390 e. The van der Waals surface area contributed by atoms with Crippen LogP contribution in [0.2, 0.25) is 5.02 Å². The summed E-state index contributed by atoms with van der Waals surface area (Å²) in [5.41, 5.74) is 1.05. The molecule has 1 heterocycles. The van der Waals surface area contributed by atoms with Crippen LogP contribution in [0.4, 0.5) is 0 Å². The molecule has 1 aliphatic heterocycles. The number of halogens is 1. The molecule has 2 rings (SSSR count). The summed E-state index contributed by atoms with van der Waals surface area (Å²) in [4.78, 5) is 15.9. The van der Waals surface area contributed by atoms with E-state index in [0.717, 1.165) is 18.7 Å². The molecule has 1 aromatic carbocycles. The van der Waals surface area contributed by atoms with Gasteiger partial charge in [-0.25, -0.2) is 0 Å². The van der Waals surface area contributed by atoms with Gasteiger partial charge in [0, 0.05) is 44.7 Å². The Morgan fingerprint density at radius 3 is 2.87 bits per heavy atom. The number of carbonyl (C=O) groups is 1. The molecule has 0 aromatic heterocycles. The third kappa shape index (κ3) is 6.47. The Morgan fingerprint density at radius 2 is 2.17 bits per heavy atom. The van der Waals surface area contributed by atoms with Gasteiger partial charge >= 0.3 is 0 Å². The molecule has 6 heteroatoms. The lowest BCUT2D eigenvalue weighted by Gasteiger charge is -2.30. The first-order valence-corrected chi connectivity index (χ1v) is 8.39. The summed E-state index contributed by atoms with van der Waals surface area (Å²) in [7, 11) is 1.74. The number of rotatable bonds is 7. The van der Waals surface area contributed by atoms with Gasteiger partial charge < -0.3 is 14.7 Å². The van der Waals surface area contributed by atoms with Crippen LogP contribution in [0.25, 0.3) is 0 Å². The van der Waals surface area contributed by atoms with Crippen molar-refractivity contribution in [2.75, 3.05) is 46.4 Å². The van der Waals surface area contributed by atoms with Gasteiger partial charge in [-0.2, -0.15) is 0 Å². The van der Waals surface area contributed by atoms with Crippen LogP contribution in [0.1, 0.15) is 12.0 Å². The molecule has 1 aromatic rings. The van der Waals surface area contributed by atoms with E-state index in [1.807, 2.05) is 24.3 Å². The van der Waals surface area contributed by atoms with E-state index in [9.17, 15) is 9.90 Å². The third-order valence-electron chi connectivity index (χ3n) is 4.00. The van der Waals surface area contributed by atoms with E-state index < -0.39 is 6.10 Å². The smallest absolute Gasteiger partial charge is 0.222 e. The molecule has 1 unspecified atom stereocenters. The monoisotopic (exact) mass is 340 g/mol. The average Bonchev–Trinajstić information content (AvgIpc) is 2.53. The van der Waals surface area contributed by atoms with Gasteiger partial charge in [0.15, 0.2) is 0 Å². The minimum atomic E-state index is -0.534. The van der Waals surface area contributed by atoms with Crippen molar-refractivity contribution in [3.63, 3.8) is 0 Å². The molecule has 1 atom stereocenters. The fraction of sp³-hybridized carbons (Fsp3) is 0.588. The minimum absolute atomic E-state index is 0.0333. The number of carbonyl (C=O) groups excluding carboxylic acids is 1. The average molecular weight is 341 g/mol. The number of aryl methyl sites for hydroxylation is 1.